The van der Waals surface area contributed by atoms with Crippen molar-refractivity contribution in [3.05, 3.63) is 85.1 Å². The highest BCUT2D eigenvalue weighted by molar-refractivity contribution is 5.71. The first-order valence-electron chi connectivity index (χ1n) is 35.6. The van der Waals surface area contributed by atoms with Crippen LogP contribution in [0.25, 0.3) is 0 Å². The van der Waals surface area contributed by atoms with Gasteiger partial charge in [-0.1, -0.05) is 311 Å². The van der Waals surface area contributed by atoms with Crippen molar-refractivity contribution in [2.75, 3.05) is 13.2 Å². The molecule has 0 heterocycles. The van der Waals surface area contributed by atoms with Crippen LogP contribution in [-0.4, -0.2) is 37.2 Å². The van der Waals surface area contributed by atoms with Gasteiger partial charge in [0.15, 0.2) is 6.10 Å². The molecule has 6 heteroatoms. The Bertz CT molecular complexity index is 1550. The fourth-order valence-electron chi connectivity index (χ4n) is 10.3. The van der Waals surface area contributed by atoms with E-state index < -0.39 is 6.10 Å². The fraction of sp³-hybridized carbons (Fsp3) is 0.776. The average Bonchev–Trinajstić information content (AvgIpc) is 3.47. The molecule has 0 aromatic carbocycles. The van der Waals surface area contributed by atoms with Crippen LogP contribution in [0.5, 0.6) is 0 Å². The lowest BCUT2D eigenvalue weighted by Crippen LogP contribution is -2.30. The van der Waals surface area contributed by atoms with E-state index in [-0.39, 0.29) is 31.1 Å². The molecule has 0 spiro atoms. The molecular weight excluding hydrogens is 1010 g/mol. The quantitative estimate of drug-likeness (QED) is 0.0261. The molecule has 0 fully saturated rings. The SMILES string of the molecule is CC/C=C\C/C=C\C/C=C\C/C=C\C/C=C\CCCCCCCCCCCC(=O)OC(COC(=O)CCCCCCC/C=C\CCCCC)COC(=O)CCCCCCCCCCCCCCCCC/C=C\CCCCCCCCCC. The van der Waals surface area contributed by atoms with Gasteiger partial charge in [-0.05, 0) is 116 Å². The molecule has 0 aromatic heterocycles. The minimum Gasteiger partial charge on any atom is -0.462 e. The second kappa shape index (κ2) is 70.1. The van der Waals surface area contributed by atoms with Crippen LogP contribution in [0.4, 0.5) is 0 Å². The number of carbonyl (C=O) groups excluding carboxylic acids is 3. The third-order valence-electron chi connectivity index (χ3n) is 15.6. The van der Waals surface area contributed by atoms with E-state index in [2.05, 4.69) is 106 Å². The Kier molecular flexibility index (Phi) is 67.2. The summed E-state index contributed by atoms with van der Waals surface area (Å²) in [4.78, 5) is 38.4. The molecule has 0 saturated carbocycles. The molecule has 0 saturated heterocycles. The van der Waals surface area contributed by atoms with Gasteiger partial charge in [0.2, 0.25) is 0 Å². The summed E-state index contributed by atoms with van der Waals surface area (Å²) in [5, 5.41) is 0. The van der Waals surface area contributed by atoms with Gasteiger partial charge in [0.05, 0.1) is 0 Å². The van der Waals surface area contributed by atoms with Crippen molar-refractivity contribution < 1.29 is 28.6 Å². The maximum atomic E-state index is 13.0. The Morgan fingerprint density at radius 3 is 0.780 bits per heavy atom. The maximum Gasteiger partial charge on any atom is 0.306 e. The van der Waals surface area contributed by atoms with E-state index in [0.717, 1.165) is 103 Å². The first-order chi connectivity index (χ1) is 40.5. The number of allylic oxidation sites excluding steroid dienone is 14. The molecule has 0 bridgehead atoms. The van der Waals surface area contributed by atoms with Crippen LogP contribution in [0.1, 0.15) is 361 Å². The van der Waals surface area contributed by atoms with E-state index in [1.54, 1.807) is 0 Å². The van der Waals surface area contributed by atoms with Crippen molar-refractivity contribution in [2.24, 2.45) is 0 Å². The van der Waals surface area contributed by atoms with E-state index in [0.29, 0.717) is 19.3 Å². The molecule has 474 valence electrons. The number of hydrogen-bond acceptors (Lipinski definition) is 6. The maximum absolute atomic E-state index is 13.0. The van der Waals surface area contributed by atoms with Crippen molar-refractivity contribution in [3.8, 4) is 0 Å². The molecule has 0 aromatic rings. The van der Waals surface area contributed by atoms with Gasteiger partial charge in [-0.2, -0.15) is 0 Å². The van der Waals surface area contributed by atoms with Gasteiger partial charge in [0.25, 0.3) is 0 Å². The van der Waals surface area contributed by atoms with Crippen molar-refractivity contribution in [2.45, 2.75) is 367 Å². The van der Waals surface area contributed by atoms with Crippen molar-refractivity contribution >= 4 is 17.9 Å². The van der Waals surface area contributed by atoms with Gasteiger partial charge in [-0.3, -0.25) is 14.4 Å². The largest absolute Gasteiger partial charge is 0.462 e. The van der Waals surface area contributed by atoms with Crippen LogP contribution < -0.4 is 0 Å². The fourth-order valence-corrected chi connectivity index (χ4v) is 10.3. The summed E-state index contributed by atoms with van der Waals surface area (Å²) in [6.45, 7) is 6.54. The zero-order valence-corrected chi connectivity index (χ0v) is 54.5. The zero-order chi connectivity index (χ0) is 59.2. The Hall–Kier alpha value is -3.41. The van der Waals surface area contributed by atoms with E-state index >= 15 is 0 Å². The Morgan fingerprint density at radius 1 is 0.256 bits per heavy atom. The average molecular weight is 1140 g/mol. The van der Waals surface area contributed by atoms with E-state index in [1.807, 2.05) is 0 Å². The highest BCUT2D eigenvalue weighted by Gasteiger charge is 2.19. The number of esters is 3. The summed E-state index contributed by atoms with van der Waals surface area (Å²) < 4.78 is 17.0. The highest BCUT2D eigenvalue weighted by Crippen LogP contribution is 2.17. The third-order valence-corrected chi connectivity index (χ3v) is 15.6. The second-order valence-corrected chi connectivity index (χ2v) is 23.8. The van der Waals surface area contributed by atoms with Crippen molar-refractivity contribution in [1.82, 2.24) is 0 Å². The van der Waals surface area contributed by atoms with Gasteiger partial charge in [0.1, 0.15) is 13.2 Å². The zero-order valence-electron chi connectivity index (χ0n) is 54.5. The normalized spacial score (nSPS) is 12.6. The number of ether oxygens (including phenoxy) is 3. The summed E-state index contributed by atoms with van der Waals surface area (Å²) in [6.07, 6.45) is 93.3. The summed E-state index contributed by atoms with van der Waals surface area (Å²) in [7, 11) is 0. The smallest absolute Gasteiger partial charge is 0.306 e. The lowest BCUT2D eigenvalue weighted by Gasteiger charge is -2.18. The Morgan fingerprint density at radius 2 is 0.476 bits per heavy atom. The van der Waals surface area contributed by atoms with Crippen LogP contribution in [0.3, 0.4) is 0 Å². The number of hydrogen-bond donors (Lipinski definition) is 0. The first-order valence-corrected chi connectivity index (χ1v) is 35.6. The second-order valence-electron chi connectivity index (χ2n) is 23.8. The van der Waals surface area contributed by atoms with Gasteiger partial charge >= 0.3 is 17.9 Å². The molecule has 0 aliphatic rings. The third kappa shape index (κ3) is 67.4. The molecule has 0 rings (SSSR count). The summed E-state index contributed by atoms with van der Waals surface area (Å²) in [6, 6.07) is 0. The summed E-state index contributed by atoms with van der Waals surface area (Å²) in [5.74, 6) is -0.877. The predicted molar refractivity (Wildman–Crippen MR) is 358 cm³/mol. The summed E-state index contributed by atoms with van der Waals surface area (Å²) in [5.41, 5.74) is 0. The number of rotatable bonds is 65. The van der Waals surface area contributed by atoms with Gasteiger partial charge in [0, 0.05) is 19.3 Å². The first kappa shape index (κ1) is 78.6. The highest BCUT2D eigenvalue weighted by atomic mass is 16.6. The molecule has 1 unspecified atom stereocenters. The van der Waals surface area contributed by atoms with E-state index in [4.69, 9.17) is 14.2 Å². The molecule has 82 heavy (non-hydrogen) atoms. The molecule has 0 N–H and O–H groups in total. The minimum atomic E-state index is -0.784. The monoisotopic (exact) mass is 1140 g/mol. The predicted octanol–water partition coefficient (Wildman–Crippen LogP) is 24.6. The number of unbranched alkanes of at least 4 members (excludes halogenated alkanes) is 40. The molecule has 0 aliphatic heterocycles. The summed E-state index contributed by atoms with van der Waals surface area (Å²) >= 11 is 0. The molecule has 1 atom stereocenters. The minimum absolute atomic E-state index is 0.0788. The van der Waals surface area contributed by atoms with E-state index in [9.17, 15) is 14.4 Å². The topological polar surface area (TPSA) is 78.9 Å². The van der Waals surface area contributed by atoms with Crippen LogP contribution in [-0.2, 0) is 28.6 Å². The standard InChI is InChI=1S/C76H134O6/c1-4-7-10-13-16-19-22-25-27-29-31-33-35-37-38-40-41-43-45-47-49-51-54-57-60-63-66-69-75(78)81-72-73(71-80-74(77)68-65-62-59-56-53-24-21-18-15-12-9-6-3)82-76(79)70-67-64-61-58-55-52-50-48-46-44-42-39-36-34-32-30-28-26-23-20-17-14-11-8-5-2/h8,11,17-18,20-21,26,28-29,31-32,34,39,42,73H,4-7,9-10,12-16,19,22-25,27,30,33,35-38,40-41,43-72H2,1-3H3/b11-8-,20-17-,21-18-,28-26-,31-29-,34-32-,42-39-. The van der Waals surface area contributed by atoms with E-state index in [1.165, 1.54) is 218 Å². The van der Waals surface area contributed by atoms with Crippen LogP contribution >= 0.6 is 0 Å². The van der Waals surface area contributed by atoms with Crippen LogP contribution in [0, 0.1) is 0 Å². The Labute approximate surface area is 509 Å². The van der Waals surface area contributed by atoms with Crippen molar-refractivity contribution in [3.63, 3.8) is 0 Å². The molecular formula is C76H134O6. The van der Waals surface area contributed by atoms with Crippen molar-refractivity contribution in [1.29, 1.82) is 0 Å². The lowest BCUT2D eigenvalue weighted by atomic mass is 10.0. The van der Waals surface area contributed by atoms with Crippen LogP contribution in [0.15, 0.2) is 85.1 Å². The number of carbonyl (C=O) groups is 3. The van der Waals surface area contributed by atoms with Crippen LogP contribution in [0.2, 0.25) is 0 Å². The Balaban J connectivity index is 4.25. The van der Waals surface area contributed by atoms with Gasteiger partial charge < -0.3 is 14.2 Å². The van der Waals surface area contributed by atoms with Gasteiger partial charge in [-0.25, -0.2) is 0 Å². The molecule has 0 amide bonds. The lowest BCUT2D eigenvalue weighted by molar-refractivity contribution is -0.167. The molecule has 0 radical (unpaired) electrons. The molecule has 0 aliphatic carbocycles. The van der Waals surface area contributed by atoms with Gasteiger partial charge in [-0.15, -0.1) is 0 Å². The molecule has 6 nitrogen and oxygen atoms in total.